The Kier molecular flexibility index (Phi) is 12.7. The van der Waals surface area contributed by atoms with Gasteiger partial charge in [-0.2, -0.15) is 5.26 Å². The van der Waals surface area contributed by atoms with Crippen LogP contribution in [0.15, 0.2) is 41.3 Å². The molecule has 2 aromatic carbocycles. The van der Waals surface area contributed by atoms with Gasteiger partial charge in [0.1, 0.15) is 6.07 Å². The summed E-state index contributed by atoms with van der Waals surface area (Å²) in [7, 11) is 0.149. The molecule has 2 aliphatic heterocycles. The number of nitrogens with zero attached hydrogens (tertiary/aromatic N) is 2. The van der Waals surface area contributed by atoms with Crippen LogP contribution in [-0.4, -0.2) is 98.4 Å². The van der Waals surface area contributed by atoms with Crippen LogP contribution < -0.4 is 10.4 Å². The number of aliphatic hydroxyl groups excluding tert-OH is 3. The zero-order valence-corrected chi connectivity index (χ0v) is 24.0. The maximum atomic E-state index is 10.1. The van der Waals surface area contributed by atoms with Gasteiger partial charge in [0.2, 0.25) is 0 Å². The summed E-state index contributed by atoms with van der Waals surface area (Å²) < 4.78 is 10.6. The summed E-state index contributed by atoms with van der Waals surface area (Å²) in [6.45, 7) is 9.64. The van der Waals surface area contributed by atoms with Crippen LogP contribution in [0.2, 0.25) is 0 Å². The van der Waals surface area contributed by atoms with Crippen molar-refractivity contribution in [1.29, 1.82) is 5.26 Å². The second kappa shape index (κ2) is 15.7. The normalized spacial score (nSPS) is 23.6. The molecule has 2 aliphatic rings. The largest absolute Gasteiger partial charge is 0.400 e. The van der Waals surface area contributed by atoms with Crippen LogP contribution in [0, 0.1) is 11.3 Å². The number of anilines is 1. The third kappa shape index (κ3) is 8.88. The number of aliphatic hydroxyl groups is 3. The van der Waals surface area contributed by atoms with Crippen LogP contribution >= 0.6 is 18.7 Å². The van der Waals surface area contributed by atoms with Crippen LogP contribution in [0.25, 0.3) is 16.3 Å². The zero-order chi connectivity index (χ0) is 27.5. The highest BCUT2D eigenvalue weighted by Crippen LogP contribution is 2.49. The Labute approximate surface area is 230 Å². The van der Waals surface area contributed by atoms with Gasteiger partial charge in [-0.3, -0.25) is 9.99 Å². The van der Waals surface area contributed by atoms with E-state index in [1.165, 1.54) is 11.4 Å². The van der Waals surface area contributed by atoms with E-state index in [2.05, 4.69) is 57.8 Å². The molecule has 0 aromatic heterocycles. The zero-order valence-electron chi connectivity index (χ0n) is 22.3. The highest BCUT2D eigenvalue weighted by molar-refractivity contribution is 8.57. The molecule has 9 nitrogen and oxygen atoms in total. The molecule has 2 aromatic rings. The van der Waals surface area contributed by atoms with Gasteiger partial charge in [-0.05, 0) is 60.1 Å². The van der Waals surface area contributed by atoms with Crippen LogP contribution in [0.1, 0.15) is 18.9 Å². The van der Waals surface area contributed by atoms with Gasteiger partial charge in [-0.25, -0.2) is 0 Å². The van der Waals surface area contributed by atoms with Gasteiger partial charge in [0.25, 0.3) is 0 Å². The topological polar surface area (TPSA) is 130 Å². The number of ether oxygens (including phenoxy) is 2. The number of nitriles is 1. The maximum absolute atomic E-state index is 10.1. The summed E-state index contributed by atoms with van der Waals surface area (Å²) in [6.07, 6.45) is -1.12. The minimum atomic E-state index is -0.950. The van der Waals surface area contributed by atoms with Crippen LogP contribution in [0.4, 0.5) is 5.69 Å². The van der Waals surface area contributed by atoms with Gasteiger partial charge < -0.3 is 30.1 Å². The van der Waals surface area contributed by atoms with E-state index in [0.717, 1.165) is 74.1 Å². The lowest BCUT2D eigenvalue weighted by Gasteiger charge is -2.33. The van der Waals surface area contributed by atoms with E-state index in [1.54, 1.807) is 0 Å². The number of benzene rings is 2. The van der Waals surface area contributed by atoms with Crippen molar-refractivity contribution in [2.75, 3.05) is 65.1 Å². The Morgan fingerprint density at radius 2 is 1.87 bits per heavy atom. The predicted octanol–water partition coefficient (Wildman–Crippen LogP) is 3.18. The minimum Gasteiger partial charge on any atom is -0.400 e. The third-order valence-corrected chi connectivity index (χ3v) is 9.72. The molecule has 4 rings (SSSR count). The molecule has 2 heterocycles. The van der Waals surface area contributed by atoms with Gasteiger partial charge in [0.15, 0.2) is 6.29 Å². The second-order valence-corrected chi connectivity index (χ2v) is 13.2. The van der Waals surface area contributed by atoms with E-state index in [4.69, 9.17) is 14.6 Å². The summed E-state index contributed by atoms with van der Waals surface area (Å²) in [5.41, 5.74) is 3.04. The third-order valence-electron chi connectivity index (χ3n) is 6.48. The fourth-order valence-electron chi connectivity index (χ4n) is 4.39. The lowest BCUT2D eigenvalue weighted by Crippen LogP contribution is -2.47. The summed E-state index contributed by atoms with van der Waals surface area (Å²) in [5.74, 6) is 0. The predicted molar refractivity (Wildman–Crippen MR) is 156 cm³/mol. The van der Waals surface area contributed by atoms with Crippen molar-refractivity contribution < 1.29 is 24.8 Å². The van der Waals surface area contributed by atoms with Gasteiger partial charge in [-0.1, -0.05) is 29.6 Å². The Balaban J connectivity index is 0.00000195. The summed E-state index contributed by atoms with van der Waals surface area (Å²) in [6, 6.07) is 14.7. The first-order chi connectivity index (χ1) is 18.4. The van der Waals surface area contributed by atoms with Crippen molar-refractivity contribution in [3.8, 4) is 6.07 Å². The quantitative estimate of drug-likeness (QED) is 0.230. The molecule has 4 atom stereocenters. The molecule has 5 N–H and O–H groups in total. The molecule has 2 saturated heterocycles. The lowest BCUT2D eigenvalue weighted by molar-refractivity contribution is -0.169. The van der Waals surface area contributed by atoms with Crippen LogP contribution in [0.5, 0.6) is 0 Å². The first-order valence-corrected chi connectivity index (χ1v) is 15.9. The van der Waals surface area contributed by atoms with E-state index in [-0.39, 0.29) is 12.6 Å². The molecular formula is C27H39N4O5PS. The fourth-order valence-corrected chi connectivity index (χ4v) is 7.63. The summed E-state index contributed by atoms with van der Waals surface area (Å²) in [4.78, 5) is 3.05. The lowest BCUT2D eigenvalue weighted by atomic mass is 10.0. The standard InChI is InChI=1S/C26H35N4O4PS.CH4O/c1-18(25(16-27)36-35(2)29-24-15-23(31)17-34-26(24)32)19-3-4-21-14-22(6-5-20(21)13-19)28-7-8-30-9-11-33-12-10-30;1-2/h3-6,13-14,23-24,26,28-29,31-32H,7-12,15,17H2,1-2H3;2H,1H3/b25-18+;. The molecule has 0 amide bonds. The number of hydrogen-bond acceptors (Lipinski definition) is 10. The SMILES string of the molecule is C/C(=C(/C#N)SP(C)NC1CC(O)COC1O)c1ccc2cc(NCCN3CCOCC3)ccc2c1.CO. The number of hydrogen-bond donors (Lipinski definition) is 5. The Hall–Kier alpha value is -1.77. The molecule has 38 heavy (non-hydrogen) atoms. The molecule has 0 spiro atoms. The maximum Gasteiger partial charge on any atom is 0.170 e. The van der Waals surface area contributed by atoms with Crippen molar-refractivity contribution in [1.82, 2.24) is 9.99 Å². The van der Waals surface area contributed by atoms with Gasteiger partial charge in [-0.15, -0.1) is 0 Å². The Morgan fingerprint density at radius 1 is 1.16 bits per heavy atom. The molecule has 0 radical (unpaired) electrons. The van der Waals surface area contributed by atoms with E-state index >= 15 is 0 Å². The highest BCUT2D eigenvalue weighted by atomic mass is 32.7. The Bertz CT molecular complexity index is 1110. The number of morpholine rings is 1. The average molecular weight is 563 g/mol. The van der Waals surface area contributed by atoms with E-state index in [9.17, 15) is 15.5 Å². The summed E-state index contributed by atoms with van der Waals surface area (Å²) >= 11 is 1.48. The Morgan fingerprint density at radius 3 is 2.61 bits per heavy atom. The number of rotatable bonds is 9. The molecule has 0 bridgehead atoms. The van der Waals surface area contributed by atoms with Gasteiger partial charge in [0, 0.05) is 46.3 Å². The van der Waals surface area contributed by atoms with E-state index < -0.39 is 19.7 Å². The number of allylic oxidation sites excluding steroid dienone is 2. The smallest absolute Gasteiger partial charge is 0.170 e. The van der Waals surface area contributed by atoms with Crippen LogP contribution in [0.3, 0.4) is 0 Å². The molecule has 4 unspecified atom stereocenters. The van der Waals surface area contributed by atoms with Gasteiger partial charge >= 0.3 is 0 Å². The number of nitrogens with one attached hydrogen (secondary N) is 2. The van der Waals surface area contributed by atoms with Crippen molar-refractivity contribution >= 4 is 40.7 Å². The number of fused-ring (bicyclic) bond motifs is 1. The fraction of sp³-hybridized carbons (Fsp3) is 0.519. The van der Waals surface area contributed by atoms with Crippen molar-refractivity contribution in [2.45, 2.75) is 31.8 Å². The monoisotopic (exact) mass is 562 g/mol. The van der Waals surface area contributed by atoms with E-state index in [1.807, 2.05) is 13.6 Å². The van der Waals surface area contributed by atoms with Crippen molar-refractivity contribution in [3.63, 3.8) is 0 Å². The molecule has 2 fully saturated rings. The van der Waals surface area contributed by atoms with Crippen LogP contribution in [-0.2, 0) is 9.47 Å². The summed E-state index contributed by atoms with van der Waals surface area (Å²) in [5, 5.41) is 45.9. The highest BCUT2D eigenvalue weighted by Gasteiger charge is 2.30. The first-order valence-electron chi connectivity index (χ1n) is 12.7. The molecule has 0 saturated carbocycles. The molecular weight excluding hydrogens is 523 g/mol. The van der Waals surface area contributed by atoms with Gasteiger partial charge in [0.05, 0.1) is 36.9 Å². The molecule has 0 aliphatic carbocycles. The minimum absolute atomic E-state index is 0.143. The molecule has 208 valence electrons. The molecule has 11 heteroatoms. The average Bonchev–Trinajstić information content (AvgIpc) is 2.94. The van der Waals surface area contributed by atoms with E-state index in [0.29, 0.717) is 11.3 Å². The first kappa shape index (κ1) is 30.8. The van der Waals surface area contributed by atoms with Crippen molar-refractivity contribution in [3.05, 3.63) is 46.9 Å². The van der Waals surface area contributed by atoms with Crippen molar-refractivity contribution in [2.24, 2.45) is 0 Å². The second-order valence-electron chi connectivity index (χ2n) is 9.16.